The van der Waals surface area contributed by atoms with E-state index in [4.69, 9.17) is 5.26 Å². The van der Waals surface area contributed by atoms with Crippen molar-refractivity contribution < 1.29 is 0 Å². The van der Waals surface area contributed by atoms with Crippen molar-refractivity contribution in [1.82, 2.24) is 0 Å². The van der Waals surface area contributed by atoms with Crippen molar-refractivity contribution in [3.8, 4) is 6.07 Å². The van der Waals surface area contributed by atoms with Gasteiger partial charge in [0.2, 0.25) is 0 Å². The largest absolute Gasteiger partial charge is 0.378 e. The van der Waals surface area contributed by atoms with Gasteiger partial charge in [0.25, 0.3) is 0 Å². The van der Waals surface area contributed by atoms with E-state index in [9.17, 15) is 0 Å². The zero-order valence-corrected chi connectivity index (χ0v) is 11.9. The second-order valence-corrected chi connectivity index (χ2v) is 4.37. The standard InChI is InChI=1S/C16H16N2.ClH/c1-12-15(11-17)9-6-10-16(12)18-13(2)14-7-4-3-5-8-14;/h3-10,13,18H,1-2H3;1H. The van der Waals surface area contributed by atoms with E-state index in [1.54, 1.807) is 0 Å². The molecule has 0 heterocycles. The number of nitrogens with one attached hydrogen (secondary N) is 1. The second-order valence-electron chi connectivity index (χ2n) is 4.37. The maximum Gasteiger partial charge on any atom is 0.0995 e. The predicted octanol–water partition coefficient (Wildman–Crippen LogP) is 4.46. The van der Waals surface area contributed by atoms with Gasteiger partial charge in [0, 0.05) is 11.7 Å². The second kappa shape index (κ2) is 6.82. The molecule has 0 saturated heterocycles. The molecule has 0 fully saturated rings. The molecular weight excluding hydrogens is 256 g/mol. The minimum atomic E-state index is 0. The molecule has 2 aromatic rings. The first-order valence-electron chi connectivity index (χ1n) is 6.03. The van der Waals surface area contributed by atoms with Crippen LogP contribution in [0.5, 0.6) is 0 Å². The van der Waals surface area contributed by atoms with Crippen LogP contribution >= 0.6 is 12.4 Å². The minimum absolute atomic E-state index is 0. The Morgan fingerprint density at radius 3 is 2.37 bits per heavy atom. The number of hydrogen-bond donors (Lipinski definition) is 1. The van der Waals surface area contributed by atoms with Crippen LogP contribution in [0.3, 0.4) is 0 Å². The number of rotatable bonds is 3. The Hall–Kier alpha value is -1.98. The van der Waals surface area contributed by atoms with Gasteiger partial charge in [-0.3, -0.25) is 0 Å². The zero-order valence-electron chi connectivity index (χ0n) is 11.1. The lowest BCUT2D eigenvalue weighted by atomic mass is 10.0. The van der Waals surface area contributed by atoms with E-state index in [1.807, 2.05) is 43.3 Å². The summed E-state index contributed by atoms with van der Waals surface area (Å²) in [6, 6.07) is 18.5. The average molecular weight is 273 g/mol. The van der Waals surface area contributed by atoms with Crippen LogP contribution in [-0.4, -0.2) is 0 Å². The van der Waals surface area contributed by atoms with Gasteiger partial charge < -0.3 is 5.32 Å². The summed E-state index contributed by atoms with van der Waals surface area (Å²) in [5.41, 5.74) is 3.98. The lowest BCUT2D eigenvalue weighted by molar-refractivity contribution is 0.882. The summed E-state index contributed by atoms with van der Waals surface area (Å²) in [6.07, 6.45) is 0. The first-order chi connectivity index (χ1) is 8.72. The van der Waals surface area contributed by atoms with Gasteiger partial charge in [0.1, 0.15) is 0 Å². The van der Waals surface area contributed by atoms with Crippen LogP contribution in [-0.2, 0) is 0 Å². The van der Waals surface area contributed by atoms with E-state index < -0.39 is 0 Å². The van der Waals surface area contributed by atoms with Crippen molar-refractivity contribution in [3.05, 3.63) is 65.2 Å². The zero-order chi connectivity index (χ0) is 13.0. The van der Waals surface area contributed by atoms with Crippen LogP contribution in [0.1, 0.15) is 29.7 Å². The van der Waals surface area contributed by atoms with E-state index >= 15 is 0 Å². The molecular formula is C16H17ClN2. The molecule has 1 unspecified atom stereocenters. The molecule has 1 atom stereocenters. The highest BCUT2D eigenvalue weighted by molar-refractivity contribution is 5.85. The summed E-state index contributed by atoms with van der Waals surface area (Å²) < 4.78 is 0. The van der Waals surface area contributed by atoms with Crippen LogP contribution in [0.4, 0.5) is 5.69 Å². The molecule has 0 aromatic heterocycles. The molecule has 0 bridgehead atoms. The highest BCUT2D eigenvalue weighted by Crippen LogP contribution is 2.23. The van der Waals surface area contributed by atoms with Crippen LogP contribution in [0.15, 0.2) is 48.5 Å². The van der Waals surface area contributed by atoms with Gasteiger partial charge in [0.15, 0.2) is 0 Å². The maximum absolute atomic E-state index is 9.02. The molecule has 2 rings (SSSR count). The van der Waals surface area contributed by atoms with Crippen LogP contribution in [0.2, 0.25) is 0 Å². The van der Waals surface area contributed by atoms with Crippen molar-refractivity contribution in [2.24, 2.45) is 0 Å². The van der Waals surface area contributed by atoms with Crippen LogP contribution < -0.4 is 5.32 Å². The van der Waals surface area contributed by atoms with Crippen molar-refractivity contribution in [2.45, 2.75) is 19.9 Å². The topological polar surface area (TPSA) is 35.8 Å². The summed E-state index contributed by atoms with van der Waals surface area (Å²) in [4.78, 5) is 0. The Kier molecular flexibility index (Phi) is 5.41. The third kappa shape index (κ3) is 3.49. The minimum Gasteiger partial charge on any atom is -0.378 e. The summed E-state index contributed by atoms with van der Waals surface area (Å²) in [6.45, 7) is 4.09. The summed E-state index contributed by atoms with van der Waals surface area (Å²) in [7, 11) is 0. The van der Waals surface area contributed by atoms with Gasteiger partial charge in [-0.25, -0.2) is 0 Å². The molecule has 19 heavy (non-hydrogen) atoms. The van der Waals surface area contributed by atoms with Gasteiger partial charge in [-0.05, 0) is 37.1 Å². The smallest absolute Gasteiger partial charge is 0.0995 e. The lowest BCUT2D eigenvalue weighted by Gasteiger charge is -2.17. The van der Waals surface area contributed by atoms with Crippen molar-refractivity contribution >= 4 is 18.1 Å². The van der Waals surface area contributed by atoms with Gasteiger partial charge >= 0.3 is 0 Å². The monoisotopic (exact) mass is 272 g/mol. The highest BCUT2D eigenvalue weighted by atomic mass is 35.5. The quantitative estimate of drug-likeness (QED) is 0.895. The van der Waals surface area contributed by atoms with E-state index in [-0.39, 0.29) is 18.4 Å². The summed E-state index contributed by atoms with van der Waals surface area (Å²) in [5.74, 6) is 0. The van der Waals surface area contributed by atoms with E-state index in [1.165, 1.54) is 5.56 Å². The number of anilines is 1. The molecule has 0 radical (unpaired) electrons. The molecule has 0 aliphatic rings. The molecule has 2 nitrogen and oxygen atoms in total. The van der Waals surface area contributed by atoms with Gasteiger partial charge in [0.05, 0.1) is 11.6 Å². The molecule has 2 aromatic carbocycles. The first-order valence-corrected chi connectivity index (χ1v) is 6.03. The Bertz CT molecular complexity index is 573. The molecule has 0 saturated carbocycles. The summed E-state index contributed by atoms with van der Waals surface area (Å²) >= 11 is 0. The van der Waals surface area contributed by atoms with E-state index in [2.05, 4.69) is 30.4 Å². The molecule has 1 N–H and O–H groups in total. The maximum atomic E-state index is 9.02. The normalized spacial score (nSPS) is 11.0. The fraction of sp³-hybridized carbons (Fsp3) is 0.188. The van der Waals surface area contributed by atoms with Crippen LogP contribution in [0, 0.1) is 18.3 Å². The van der Waals surface area contributed by atoms with Crippen molar-refractivity contribution in [3.63, 3.8) is 0 Å². The Labute approximate surface area is 120 Å². The molecule has 0 aliphatic carbocycles. The SMILES string of the molecule is Cc1c(C#N)cccc1NC(C)c1ccccc1.Cl. The predicted molar refractivity (Wildman–Crippen MR) is 81.6 cm³/mol. The molecule has 0 aliphatic heterocycles. The first kappa shape index (κ1) is 15.1. The average Bonchev–Trinajstić information content (AvgIpc) is 2.42. The Balaban J connectivity index is 0.00000180. The number of nitriles is 1. The fourth-order valence-electron chi connectivity index (χ4n) is 1.97. The third-order valence-corrected chi connectivity index (χ3v) is 3.13. The summed E-state index contributed by atoms with van der Waals surface area (Å²) in [5, 5.41) is 12.5. The molecule has 3 heteroatoms. The van der Waals surface area contributed by atoms with Gasteiger partial charge in [-0.1, -0.05) is 36.4 Å². The molecule has 98 valence electrons. The third-order valence-electron chi connectivity index (χ3n) is 3.13. The Morgan fingerprint density at radius 2 is 1.74 bits per heavy atom. The van der Waals surface area contributed by atoms with E-state index in [0.29, 0.717) is 0 Å². The highest BCUT2D eigenvalue weighted by Gasteiger charge is 2.08. The number of nitrogens with zero attached hydrogens (tertiary/aromatic N) is 1. The molecule has 0 spiro atoms. The van der Waals surface area contributed by atoms with Crippen molar-refractivity contribution in [1.29, 1.82) is 5.26 Å². The van der Waals surface area contributed by atoms with Gasteiger partial charge in [-0.2, -0.15) is 5.26 Å². The van der Waals surface area contributed by atoms with E-state index in [0.717, 1.165) is 16.8 Å². The lowest BCUT2D eigenvalue weighted by Crippen LogP contribution is -2.07. The molecule has 0 amide bonds. The van der Waals surface area contributed by atoms with Crippen molar-refractivity contribution in [2.75, 3.05) is 5.32 Å². The van der Waals surface area contributed by atoms with Gasteiger partial charge in [-0.15, -0.1) is 12.4 Å². The van der Waals surface area contributed by atoms with Crippen LogP contribution in [0.25, 0.3) is 0 Å². The Morgan fingerprint density at radius 1 is 1.05 bits per heavy atom. The number of benzene rings is 2. The number of halogens is 1. The fourth-order valence-corrected chi connectivity index (χ4v) is 1.97. The number of hydrogen-bond acceptors (Lipinski definition) is 2.